The quantitative estimate of drug-likeness (QED) is 0.489. The summed E-state index contributed by atoms with van der Waals surface area (Å²) < 4.78 is 11.0. The van der Waals surface area contributed by atoms with Gasteiger partial charge in [-0.05, 0) is 19.9 Å². The Morgan fingerprint density at radius 1 is 1.58 bits per heavy atom. The Balaban J connectivity index is 2.06. The van der Waals surface area contributed by atoms with Gasteiger partial charge in [-0.15, -0.1) is 0 Å². The number of rotatable bonds is 4. The Morgan fingerprint density at radius 2 is 2.32 bits per heavy atom. The third-order valence-corrected chi connectivity index (χ3v) is 2.85. The van der Waals surface area contributed by atoms with Crippen molar-refractivity contribution in [2.45, 2.75) is 25.7 Å². The third kappa shape index (κ3) is 3.12. The van der Waals surface area contributed by atoms with E-state index < -0.39 is 10.7 Å². The minimum Gasteiger partial charge on any atom is -0.397 e. The van der Waals surface area contributed by atoms with Crippen LogP contribution in [0.25, 0.3) is 0 Å². The van der Waals surface area contributed by atoms with Crippen molar-refractivity contribution >= 4 is 17.1 Å². The van der Waals surface area contributed by atoms with Gasteiger partial charge in [0.05, 0.1) is 17.2 Å². The largest absolute Gasteiger partial charge is 0.397 e. The molecule has 0 aliphatic carbocycles. The summed E-state index contributed by atoms with van der Waals surface area (Å²) >= 11 is 0. The van der Waals surface area contributed by atoms with Crippen LogP contribution in [0.4, 0.5) is 17.1 Å². The maximum Gasteiger partial charge on any atom is 0.294 e. The van der Waals surface area contributed by atoms with Gasteiger partial charge in [0.2, 0.25) is 0 Å². The van der Waals surface area contributed by atoms with E-state index in [0.717, 1.165) is 0 Å². The first-order valence-electron chi connectivity index (χ1n) is 5.97. The first-order chi connectivity index (χ1) is 8.89. The number of para-hydroxylation sites is 1. The summed E-state index contributed by atoms with van der Waals surface area (Å²) in [7, 11) is 0. The molecule has 2 rings (SSSR count). The lowest BCUT2D eigenvalue weighted by Gasteiger charge is -2.18. The first kappa shape index (κ1) is 13.6. The summed E-state index contributed by atoms with van der Waals surface area (Å²) in [5.74, 6) is -0.611. The molecule has 0 bridgehead atoms. The summed E-state index contributed by atoms with van der Waals surface area (Å²) in [5, 5.41) is 13.9. The van der Waals surface area contributed by atoms with E-state index in [0.29, 0.717) is 24.5 Å². The molecule has 1 fully saturated rings. The fraction of sp³-hybridized carbons (Fsp3) is 0.500. The predicted molar refractivity (Wildman–Crippen MR) is 70.9 cm³/mol. The van der Waals surface area contributed by atoms with Gasteiger partial charge in [0, 0.05) is 12.6 Å². The molecule has 0 radical (unpaired) electrons. The molecule has 1 saturated heterocycles. The van der Waals surface area contributed by atoms with Crippen molar-refractivity contribution < 1.29 is 14.4 Å². The van der Waals surface area contributed by atoms with Crippen molar-refractivity contribution in [3.63, 3.8) is 0 Å². The Kier molecular flexibility index (Phi) is 3.59. The molecule has 1 atom stereocenters. The number of nitro benzene ring substituents is 1. The monoisotopic (exact) mass is 267 g/mol. The number of nitrogen functional groups attached to an aromatic ring is 1. The smallest absolute Gasteiger partial charge is 0.294 e. The first-order valence-corrected chi connectivity index (χ1v) is 5.97. The van der Waals surface area contributed by atoms with Crippen LogP contribution in [0.3, 0.4) is 0 Å². The van der Waals surface area contributed by atoms with Crippen LogP contribution >= 0.6 is 0 Å². The lowest BCUT2D eigenvalue weighted by atomic mass is 10.2. The van der Waals surface area contributed by atoms with Crippen LogP contribution in [-0.2, 0) is 9.47 Å². The maximum atomic E-state index is 10.9. The van der Waals surface area contributed by atoms with Gasteiger partial charge >= 0.3 is 0 Å². The van der Waals surface area contributed by atoms with Crippen molar-refractivity contribution in [3.05, 3.63) is 28.3 Å². The third-order valence-electron chi connectivity index (χ3n) is 2.85. The molecule has 7 nitrogen and oxygen atoms in total. The molecule has 1 unspecified atom stereocenters. The van der Waals surface area contributed by atoms with Crippen molar-refractivity contribution in [2.75, 3.05) is 24.2 Å². The number of hydrogen-bond donors (Lipinski definition) is 2. The van der Waals surface area contributed by atoms with E-state index in [-0.39, 0.29) is 11.8 Å². The van der Waals surface area contributed by atoms with E-state index in [9.17, 15) is 10.1 Å². The maximum absolute atomic E-state index is 10.9. The van der Waals surface area contributed by atoms with Crippen LogP contribution in [0.1, 0.15) is 13.8 Å². The standard InChI is InChI=1S/C12H17N3O4/c1-12(2)18-7-8(19-12)6-14-11-9(13)4-3-5-10(11)15(16)17/h3-5,8,14H,6-7,13H2,1-2H3. The molecule has 1 aromatic carbocycles. The van der Waals surface area contributed by atoms with Crippen LogP contribution < -0.4 is 11.1 Å². The topological polar surface area (TPSA) is 99.7 Å². The van der Waals surface area contributed by atoms with Crippen LogP contribution in [0.15, 0.2) is 18.2 Å². The van der Waals surface area contributed by atoms with Gasteiger partial charge in [0.15, 0.2) is 5.79 Å². The van der Waals surface area contributed by atoms with Crippen LogP contribution in [0.2, 0.25) is 0 Å². The van der Waals surface area contributed by atoms with Gasteiger partial charge < -0.3 is 20.5 Å². The summed E-state index contributed by atoms with van der Waals surface area (Å²) in [5.41, 5.74) is 6.38. The predicted octanol–water partition coefficient (Wildman–Crippen LogP) is 1.74. The van der Waals surface area contributed by atoms with Crippen LogP contribution in [-0.4, -0.2) is 30.0 Å². The van der Waals surface area contributed by atoms with Crippen LogP contribution in [0.5, 0.6) is 0 Å². The molecule has 19 heavy (non-hydrogen) atoms. The molecular weight excluding hydrogens is 250 g/mol. The molecule has 0 saturated carbocycles. The number of anilines is 2. The number of ether oxygens (including phenoxy) is 2. The van der Waals surface area contributed by atoms with Gasteiger partial charge in [-0.25, -0.2) is 0 Å². The number of nitro groups is 1. The highest BCUT2D eigenvalue weighted by Gasteiger charge is 2.32. The van der Waals surface area contributed by atoms with E-state index in [2.05, 4.69) is 5.32 Å². The number of nitrogens with one attached hydrogen (secondary N) is 1. The Hall–Kier alpha value is -1.86. The van der Waals surface area contributed by atoms with Gasteiger partial charge in [0.25, 0.3) is 5.69 Å². The normalized spacial score (nSPS) is 21.3. The lowest BCUT2D eigenvalue weighted by Crippen LogP contribution is -2.26. The zero-order chi connectivity index (χ0) is 14.0. The molecule has 0 amide bonds. The highest BCUT2D eigenvalue weighted by molar-refractivity contribution is 5.76. The zero-order valence-electron chi connectivity index (χ0n) is 10.9. The zero-order valence-corrected chi connectivity index (χ0v) is 10.9. The fourth-order valence-electron chi connectivity index (χ4n) is 1.98. The van der Waals surface area contributed by atoms with Gasteiger partial charge in [-0.3, -0.25) is 10.1 Å². The molecule has 1 aromatic rings. The second-order valence-corrected chi connectivity index (χ2v) is 4.83. The molecule has 104 valence electrons. The number of nitrogens with two attached hydrogens (primary N) is 1. The summed E-state index contributed by atoms with van der Waals surface area (Å²) in [6.07, 6.45) is -0.158. The van der Waals surface area contributed by atoms with E-state index in [4.69, 9.17) is 15.2 Å². The van der Waals surface area contributed by atoms with Gasteiger partial charge in [0.1, 0.15) is 11.8 Å². The number of nitrogens with zero attached hydrogens (tertiary/aromatic N) is 1. The average Bonchev–Trinajstić information content (AvgIpc) is 2.67. The summed E-state index contributed by atoms with van der Waals surface area (Å²) in [6, 6.07) is 4.58. The number of benzene rings is 1. The lowest BCUT2D eigenvalue weighted by molar-refractivity contribution is -0.383. The van der Waals surface area contributed by atoms with E-state index in [1.807, 2.05) is 13.8 Å². The Labute approximate surface area is 110 Å². The second kappa shape index (κ2) is 5.02. The molecule has 1 heterocycles. The van der Waals surface area contributed by atoms with Crippen molar-refractivity contribution in [2.24, 2.45) is 0 Å². The Morgan fingerprint density at radius 3 is 2.89 bits per heavy atom. The highest BCUT2D eigenvalue weighted by Crippen LogP contribution is 2.30. The SMILES string of the molecule is CC1(C)OCC(CNc2c(N)cccc2[N+](=O)[O-])O1. The second-order valence-electron chi connectivity index (χ2n) is 4.83. The highest BCUT2D eigenvalue weighted by atomic mass is 16.7. The molecule has 0 aromatic heterocycles. The van der Waals surface area contributed by atoms with Crippen LogP contribution in [0, 0.1) is 10.1 Å². The molecule has 3 N–H and O–H groups in total. The fourth-order valence-corrected chi connectivity index (χ4v) is 1.98. The van der Waals surface area contributed by atoms with E-state index in [1.165, 1.54) is 6.07 Å². The van der Waals surface area contributed by atoms with Gasteiger partial charge in [-0.2, -0.15) is 0 Å². The molecule has 0 spiro atoms. The minimum absolute atomic E-state index is 0.0434. The summed E-state index contributed by atoms with van der Waals surface area (Å²) in [4.78, 5) is 10.5. The minimum atomic E-state index is -0.611. The molecule has 7 heteroatoms. The van der Waals surface area contributed by atoms with E-state index in [1.54, 1.807) is 12.1 Å². The molecular formula is C12H17N3O4. The number of hydrogen-bond acceptors (Lipinski definition) is 6. The molecule has 1 aliphatic rings. The van der Waals surface area contributed by atoms with E-state index >= 15 is 0 Å². The van der Waals surface area contributed by atoms with Gasteiger partial charge in [-0.1, -0.05) is 6.07 Å². The average molecular weight is 267 g/mol. The Bertz CT molecular complexity index is 490. The van der Waals surface area contributed by atoms with Crippen molar-refractivity contribution in [1.29, 1.82) is 0 Å². The van der Waals surface area contributed by atoms with Crippen molar-refractivity contribution in [1.82, 2.24) is 0 Å². The summed E-state index contributed by atoms with van der Waals surface area (Å²) in [6.45, 7) is 4.50. The van der Waals surface area contributed by atoms with Crippen molar-refractivity contribution in [3.8, 4) is 0 Å². The molecule has 1 aliphatic heterocycles.